The van der Waals surface area contributed by atoms with Gasteiger partial charge in [0.25, 0.3) is 0 Å². The number of nitrogens with one attached hydrogen (secondary N) is 1. The number of guanidine groups is 2. The van der Waals surface area contributed by atoms with E-state index in [4.69, 9.17) is 11.5 Å². The molecule has 0 aliphatic carbocycles. The van der Waals surface area contributed by atoms with E-state index in [0.29, 0.717) is 0 Å². The summed E-state index contributed by atoms with van der Waals surface area (Å²) in [5.41, 5.74) is 10.5. The van der Waals surface area contributed by atoms with Crippen molar-refractivity contribution in [3.05, 3.63) is 0 Å². The monoisotopic (exact) mass is 183 g/mol. The maximum atomic E-state index is 5.23. The van der Waals surface area contributed by atoms with Crippen molar-refractivity contribution in [2.24, 2.45) is 21.5 Å². The van der Waals surface area contributed by atoms with Gasteiger partial charge in [-0.3, -0.25) is 15.3 Å². The number of nitrogens with two attached hydrogens (primary N) is 2. The van der Waals surface area contributed by atoms with Crippen LogP contribution in [-0.4, -0.2) is 31.5 Å². The fraction of sp³-hybridized carbons (Fsp3) is 0.500. The van der Waals surface area contributed by atoms with Crippen LogP contribution in [0.15, 0.2) is 9.98 Å². The Kier molecular flexibility index (Phi) is 13.5. The lowest BCUT2D eigenvalue weighted by Crippen LogP contribution is -2.41. The Hall–Kier alpha value is -1.01. The zero-order valence-corrected chi connectivity index (χ0v) is 7.27. The molecule has 0 atom stereocenters. The summed E-state index contributed by atoms with van der Waals surface area (Å²) in [4.78, 5) is 7.20. The quantitative estimate of drug-likeness (QED) is 0.299. The van der Waals surface area contributed by atoms with E-state index >= 15 is 0 Å². The molecule has 0 aromatic heterocycles. The van der Waals surface area contributed by atoms with Crippen LogP contribution in [0.3, 0.4) is 0 Å². The topological polar surface area (TPSA) is 120 Å². The van der Waals surface area contributed by atoms with Crippen molar-refractivity contribution >= 4 is 24.3 Å². The molecule has 0 saturated heterocycles. The summed E-state index contributed by atoms with van der Waals surface area (Å²) in [6.07, 6.45) is 0. The van der Waals surface area contributed by atoms with Gasteiger partial charge in [-0.1, -0.05) is 0 Å². The predicted octanol–water partition coefficient (Wildman–Crippen LogP) is -1.94. The summed E-state index contributed by atoms with van der Waals surface area (Å²) < 4.78 is 0. The third-order valence-electron chi connectivity index (χ3n) is 0.738. The molecule has 6 nitrogen and oxygen atoms in total. The minimum absolute atomic E-state index is 0. The van der Waals surface area contributed by atoms with Gasteiger partial charge in [0.2, 0.25) is 0 Å². The van der Waals surface area contributed by atoms with Gasteiger partial charge in [0, 0.05) is 14.1 Å². The molecule has 0 aliphatic rings. The SMILES string of the molecule is CN=C(N)NC(N)=NC.Cl.O. The molecule has 0 unspecified atom stereocenters. The summed E-state index contributed by atoms with van der Waals surface area (Å²) >= 11 is 0. The normalized spacial score (nSPS) is 11.1. The van der Waals surface area contributed by atoms with E-state index in [2.05, 4.69) is 15.3 Å². The summed E-state index contributed by atoms with van der Waals surface area (Å²) in [7, 11) is 3.12. The Labute approximate surface area is 71.5 Å². The fourth-order valence-corrected chi connectivity index (χ4v) is 0.243. The molecule has 0 heterocycles. The van der Waals surface area contributed by atoms with Crippen molar-refractivity contribution in [2.75, 3.05) is 14.1 Å². The lowest BCUT2D eigenvalue weighted by molar-refractivity contribution is 0.824. The molecule has 0 amide bonds. The van der Waals surface area contributed by atoms with Crippen LogP contribution in [0.1, 0.15) is 0 Å². The van der Waals surface area contributed by atoms with Crippen LogP contribution >= 0.6 is 12.4 Å². The predicted molar refractivity (Wildman–Crippen MR) is 49.1 cm³/mol. The third kappa shape index (κ3) is 8.99. The van der Waals surface area contributed by atoms with E-state index < -0.39 is 0 Å². The third-order valence-corrected chi connectivity index (χ3v) is 0.738. The Morgan fingerprint density at radius 1 is 1.09 bits per heavy atom. The van der Waals surface area contributed by atoms with Crippen LogP contribution in [-0.2, 0) is 0 Å². The molecule has 68 valence electrons. The van der Waals surface area contributed by atoms with E-state index in [1.54, 1.807) is 14.1 Å². The Morgan fingerprint density at radius 3 is 1.55 bits per heavy atom. The molecule has 0 spiro atoms. The van der Waals surface area contributed by atoms with Crippen LogP contribution in [0.25, 0.3) is 0 Å². The maximum Gasteiger partial charge on any atom is 0.195 e. The molecule has 0 aromatic rings. The molecule has 7 N–H and O–H groups in total. The van der Waals surface area contributed by atoms with Crippen LogP contribution in [0, 0.1) is 0 Å². The van der Waals surface area contributed by atoms with Gasteiger partial charge >= 0.3 is 0 Å². The maximum absolute atomic E-state index is 5.23. The second-order valence-corrected chi connectivity index (χ2v) is 1.34. The first-order chi connectivity index (χ1) is 4.20. The van der Waals surface area contributed by atoms with Gasteiger partial charge in [0.15, 0.2) is 11.9 Å². The van der Waals surface area contributed by atoms with Crippen LogP contribution < -0.4 is 16.8 Å². The molecular formula is C4H14ClN5O. The molecule has 0 aromatic carbocycles. The lowest BCUT2D eigenvalue weighted by atomic mass is 10.8. The lowest BCUT2D eigenvalue weighted by Gasteiger charge is -2.00. The average Bonchev–Trinajstić information content (AvgIpc) is 1.87. The Bertz CT molecular complexity index is 129. The first kappa shape index (κ1) is 16.5. The summed E-state index contributed by atoms with van der Waals surface area (Å²) in [5, 5.41) is 2.53. The van der Waals surface area contributed by atoms with Gasteiger partial charge in [-0.15, -0.1) is 12.4 Å². The van der Waals surface area contributed by atoms with Crippen molar-refractivity contribution in [3.8, 4) is 0 Å². The van der Waals surface area contributed by atoms with Gasteiger partial charge in [-0.05, 0) is 0 Å². The van der Waals surface area contributed by atoms with Gasteiger partial charge in [0.1, 0.15) is 0 Å². The van der Waals surface area contributed by atoms with Crippen molar-refractivity contribution in [1.29, 1.82) is 0 Å². The summed E-state index contributed by atoms with van der Waals surface area (Å²) in [6.45, 7) is 0. The van der Waals surface area contributed by atoms with Crippen molar-refractivity contribution < 1.29 is 5.48 Å². The average molecular weight is 184 g/mol. The minimum Gasteiger partial charge on any atom is -0.412 e. The molecule has 0 fully saturated rings. The van der Waals surface area contributed by atoms with Crippen LogP contribution in [0.5, 0.6) is 0 Å². The molecular weight excluding hydrogens is 170 g/mol. The van der Waals surface area contributed by atoms with E-state index in [9.17, 15) is 0 Å². The first-order valence-electron chi connectivity index (χ1n) is 2.42. The number of halogens is 1. The van der Waals surface area contributed by atoms with Gasteiger partial charge < -0.3 is 16.9 Å². The van der Waals surface area contributed by atoms with E-state index in [1.165, 1.54) is 0 Å². The highest BCUT2D eigenvalue weighted by atomic mass is 35.5. The number of nitrogens with zero attached hydrogens (tertiary/aromatic N) is 2. The van der Waals surface area contributed by atoms with Crippen LogP contribution in [0.4, 0.5) is 0 Å². The van der Waals surface area contributed by atoms with Crippen molar-refractivity contribution in [3.63, 3.8) is 0 Å². The second kappa shape index (κ2) is 8.99. The zero-order chi connectivity index (χ0) is 7.28. The van der Waals surface area contributed by atoms with E-state index in [-0.39, 0.29) is 29.8 Å². The number of aliphatic imine (C=N–C) groups is 2. The fourth-order valence-electron chi connectivity index (χ4n) is 0.243. The molecule has 0 saturated carbocycles. The van der Waals surface area contributed by atoms with E-state index in [0.717, 1.165) is 0 Å². The molecule has 0 rings (SSSR count). The van der Waals surface area contributed by atoms with Crippen molar-refractivity contribution in [1.82, 2.24) is 5.32 Å². The minimum atomic E-state index is 0. The first-order valence-corrected chi connectivity index (χ1v) is 2.42. The van der Waals surface area contributed by atoms with Gasteiger partial charge in [-0.25, -0.2) is 0 Å². The van der Waals surface area contributed by atoms with Crippen LogP contribution in [0.2, 0.25) is 0 Å². The molecule has 0 radical (unpaired) electrons. The number of hydrogen-bond acceptors (Lipinski definition) is 2. The highest BCUT2D eigenvalue weighted by molar-refractivity contribution is 5.96. The molecule has 11 heavy (non-hydrogen) atoms. The molecule has 0 aliphatic heterocycles. The highest BCUT2D eigenvalue weighted by Crippen LogP contribution is 1.58. The highest BCUT2D eigenvalue weighted by Gasteiger charge is 1.88. The summed E-state index contributed by atoms with van der Waals surface area (Å²) in [5.74, 6) is 0.524. The molecule has 7 heteroatoms. The largest absolute Gasteiger partial charge is 0.412 e. The van der Waals surface area contributed by atoms with E-state index in [1.807, 2.05) is 0 Å². The second-order valence-electron chi connectivity index (χ2n) is 1.34. The number of hydrogen-bond donors (Lipinski definition) is 3. The zero-order valence-electron chi connectivity index (χ0n) is 6.46. The summed E-state index contributed by atoms with van der Waals surface area (Å²) in [6, 6.07) is 0. The standard InChI is InChI=1S/C4H11N5.ClH.H2O/c1-7-3(5)9-4(6)8-2;;/h1-2H3,(H5,5,6,7,8,9);1H;1H2. The van der Waals surface area contributed by atoms with Crippen molar-refractivity contribution in [2.45, 2.75) is 0 Å². The number of rotatable bonds is 0. The Balaban J connectivity index is -0.000000320. The Morgan fingerprint density at radius 2 is 1.36 bits per heavy atom. The van der Waals surface area contributed by atoms with Gasteiger partial charge in [-0.2, -0.15) is 0 Å². The molecule has 0 bridgehead atoms. The smallest absolute Gasteiger partial charge is 0.195 e. The van der Waals surface area contributed by atoms with Gasteiger partial charge in [0.05, 0.1) is 0 Å².